The molecule has 0 aliphatic heterocycles. The Labute approximate surface area is 112 Å². The molecule has 0 aromatic heterocycles. The van der Waals surface area contributed by atoms with Gasteiger partial charge in [-0.05, 0) is 44.7 Å². The number of esters is 1. The molecular weight excluding hydrogens is 244 g/mol. The van der Waals surface area contributed by atoms with Crippen LogP contribution in [0.25, 0.3) is 0 Å². The number of rotatable bonds is 6. The van der Waals surface area contributed by atoms with Crippen molar-refractivity contribution in [2.45, 2.75) is 26.7 Å². The van der Waals surface area contributed by atoms with Gasteiger partial charge in [0.25, 0.3) is 5.78 Å². The first-order chi connectivity index (χ1) is 9.11. The fraction of sp³-hybridized carbons (Fsp3) is 0.467. The van der Waals surface area contributed by atoms with Gasteiger partial charge in [0.15, 0.2) is 0 Å². The SMILES string of the molecule is CCOC(=O)C(=O)c1cc(C)ccc1OCC1CC1. The standard InChI is InChI=1S/C15H18O4/c1-3-18-15(17)14(16)12-8-10(2)4-7-13(12)19-9-11-5-6-11/h4,7-8,11H,3,5-6,9H2,1-2H3. The molecule has 1 aromatic rings. The third kappa shape index (κ3) is 3.56. The predicted octanol–water partition coefficient (Wildman–Crippen LogP) is 2.53. The molecule has 4 heteroatoms. The van der Waals surface area contributed by atoms with E-state index >= 15 is 0 Å². The van der Waals surface area contributed by atoms with Crippen molar-refractivity contribution in [2.24, 2.45) is 5.92 Å². The lowest BCUT2D eigenvalue weighted by molar-refractivity contribution is -0.137. The number of ether oxygens (including phenoxy) is 2. The van der Waals surface area contributed by atoms with Gasteiger partial charge in [-0.2, -0.15) is 0 Å². The third-order valence-electron chi connectivity index (χ3n) is 3.01. The van der Waals surface area contributed by atoms with Gasteiger partial charge in [0.2, 0.25) is 0 Å². The Morgan fingerprint density at radius 3 is 2.68 bits per heavy atom. The van der Waals surface area contributed by atoms with Crippen molar-refractivity contribution in [3.05, 3.63) is 29.3 Å². The Bertz CT molecular complexity index is 489. The summed E-state index contributed by atoms with van der Waals surface area (Å²) >= 11 is 0. The number of Topliss-reactive ketones (excluding diaryl/α,β-unsaturated/α-hetero) is 1. The van der Waals surface area contributed by atoms with Gasteiger partial charge in [0, 0.05) is 0 Å². The Morgan fingerprint density at radius 2 is 2.05 bits per heavy atom. The summed E-state index contributed by atoms with van der Waals surface area (Å²) in [5.74, 6) is -0.414. The molecule has 102 valence electrons. The van der Waals surface area contributed by atoms with Crippen LogP contribution in [0, 0.1) is 12.8 Å². The smallest absolute Gasteiger partial charge is 0.379 e. The molecule has 0 amide bonds. The second kappa shape index (κ2) is 5.87. The van der Waals surface area contributed by atoms with Gasteiger partial charge >= 0.3 is 5.97 Å². The molecule has 0 atom stereocenters. The number of hydrogen-bond donors (Lipinski definition) is 0. The number of carbonyl (C=O) groups is 2. The van der Waals surface area contributed by atoms with Crippen LogP contribution in [0.5, 0.6) is 5.75 Å². The van der Waals surface area contributed by atoms with E-state index in [4.69, 9.17) is 9.47 Å². The molecule has 19 heavy (non-hydrogen) atoms. The van der Waals surface area contributed by atoms with Crippen LogP contribution in [0.2, 0.25) is 0 Å². The highest BCUT2D eigenvalue weighted by Crippen LogP contribution is 2.30. The van der Waals surface area contributed by atoms with Gasteiger partial charge in [0.05, 0.1) is 18.8 Å². The molecule has 0 heterocycles. The van der Waals surface area contributed by atoms with Crippen LogP contribution in [0.15, 0.2) is 18.2 Å². The predicted molar refractivity (Wildman–Crippen MR) is 70.4 cm³/mol. The fourth-order valence-corrected chi connectivity index (χ4v) is 1.75. The van der Waals surface area contributed by atoms with E-state index in [0.717, 1.165) is 5.56 Å². The van der Waals surface area contributed by atoms with Crippen LogP contribution in [-0.2, 0) is 9.53 Å². The topological polar surface area (TPSA) is 52.6 Å². The van der Waals surface area contributed by atoms with Gasteiger partial charge in [-0.15, -0.1) is 0 Å². The third-order valence-corrected chi connectivity index (χ3v) is 3.01. The zero-order valence-corrected chi connectivity index (χ0v) is 11.3. The number of carbonyl (C=O) groups excluding carboxylic acids is 2. The summed E-state index contributed by atoms with van der Waals surface area (Å²) in [5.41, 5.74) is 1.20. The molecule has 1 aliphatic rings. The quantitative estimate of drug-likeness (QED) is 0.449. The summed E-state index contributed by atoms with van der Waals surface area (Å²) < 4.78 is 10.4. The Kier molecular flexibility index (Phi) is 4.20. The molecular formula is C15H18O4. The molecule has 1 aromatic carbocycles. The van der Waals surface area contributed by atoms with E-state index in [-0.39, 0.29) is 6.61 Å². The molecule has 0 radical (unpaired) electrons. The summed E-state index contributed by atoms with van der Waals surface area (Å²) in [6.45, 7) is 4.33. The van der Waals surface area contributed by atoms with E-state index in [1.165, 1.54) is 12.8 Å². The molecule has 2 rings (SSSR count). The maximum atomic E-state index is 12.0. The van der Waals surface area contributed by atoms with Crippen LogP contribution < -0.4 is 4.74 Å². The molecule has 1 aliphatic carbocycles. The van der Waals surface area contributed by atoms with Crippen molar-refractivity contribution in [1.29, 1.82) is 0 Å². The van der Waals surface area contributed by atoms with E-state index in [1.54, 1.807) is 19.1 Å². The first-order valence-electron chi connectivity index (χ1n) is 6.56. The highest BCUT2D eigenvalue weighted by molar-refractivity contribution is 6.41. The van der Waals surface area contributed by atoms with Crippen molar-refractivity contribution in [3.8, 4) is 5.75 Å². The van der Waals surface area contributed by atoms with Gasteiger partial charge in [0.1, 0.15) is 5.75 Å². The minimum absolute atomic E-state index is 0.189. The maximum Gasteiger partial charge on any atom is 0.379 e. The minimum atomic E-state index is -0.829. The van der Waals surface area contributed by atoms with Crippen molar-refractivity contribution < 1.29 is 19.1 Å². The second-order valence-electron chi connectivity index (χ2n) is 4.80. The van der Waals surface area contributed by atoms with Gasteiger partial charge in [-0.1, -0.05) is 11.6 Å². The average molecular weight is 262 g/mol. The van der Waals surface area contributed by atoms with Crippen LogP contribution in [0.3, 0.4) is 0 Å². The van der Waals surface area contributed by atoms with Gasteiger partial charge in [-0.3, -0.25) is 4.79 Å². The summed E-state index contributed by atoms with van der Waals surface area (Å²) in [6.07, 6.45) is 2.35. The van der Waals surface area contributed by atoms with E-state index in [0.29, 0.717) is 23.8 Å². The molecule has 1 saturated carbocycles. The zero-order valence-electron chi connectivity index (χ0n) is 11.3. The maximum absolute atomic E-state index is 12.0. The van der Waals surface area contributed by atoms with Crippen LogP contribution in [0.1, 0.15) is 35.7 Å². The van der Waals surface area contributed by atoms with Gasteiger partial charge < -0.3 is 9.47 Å². The van der Waals surface area contributed by atoms with Crippen LogP contribution >= 0.6 is 0 Å². The largest absolute Gasteiger partial charge is 0.493 e. The highest BCUT2D eigenvalue weighted by Gasteiger charge is 2.25. The summed E-state index contributed by atoms with van der Waals surface area (Å²) in [4.78, 5) is 23.5. The molecule has 0 saturated heterocycles. The van der Waals surface area contributed by atoms with Crippen molar-refractivity contribution in [3.63, 3.8) is 0 Å². The van der Waals surface area contributed by atoms with Crippen LogP contribution in [-0.4, -0.2) is 25.0 Å². The van der Waals surface area contributed by atoms with Crippen LogP contribution in [0.4, 0.5) is 0 Å². The van der Waals surface area contributed by atoms with E-state index in [2.05, 4.69) is 0 Å². The van der Waals surface area contributed by atoms with Gasteiger partial charge in [-0.25, -0.2) is 4.79 Å². The average Bonchev–Trinajstić information content (AvgIpc) is 3.20. The summed E-state index contributed by atoms with van der Waals surface area (Å²) in [5, 5.41) is 0. The first-order valence-corrected chi connectivity index (χ1v) is 6.56. The fourth-order valence-electron chi connectivity index (χ4n) is 1.75. The first kappa shape index (κ1) is 13.6. The lowest BCUT2D eigenvalue weighted by atomic mass is 10.1. The molecule has 0 N–H and O–H groups in total. The van der Waals surface area contributed by atoms with Crippen molar-refractivity contribution in [2.75, 3.05) is 13.2 Å². The molecule has 1 fully saturated rings. The monoisotopic (exact) mass is 262 g/mol. The van der Waals surface area contributed by atoms with Crippen molar-refractivity contribution in [1.82, 2.24) is 0 Å². The van der Waals surface area contributed by atoms with E-state index in [9.17, 15) is 9.59 Å². The Morgan fingerprint density at radius 1 is 1.32 bits per heavy atom. The Hall–Kier alpha value is -1.84. The van der Waals surface area contributed by atoms with Crippen molar-refractivity contribution >= 4 is 11.8 Å². The number of ketones is 1. The Balaban J connectivity index is 2.17. The number of hydrogen-bond acceptors (Lipinski definition) is 4. The summed E-state index contributed by atoms with van der Waals surface area (Å²) in [7, 11) is 0. The number of benzene rings is 1. The van der Waals surface area contributed by atoms with E-state index in [1.807, 2.05) is 13.0 Å². The lowest BCUT2D eigenvalue weighted by Crippen LogP contribution is -2.19. The highest BCUT2D eigenvalue weighted by atomic mass is 16.5. The number of aryl methyl sites for hydroxylation is 1. The minimum Gasteiger partial charge on any atom is -0.493 e. The second-order valence-corrected chi connectivity index (χ2v) is 4.80. The molecule has 0 bridgehead atoms. The normalized spacial score (nSPS) is 14.0. The zero-order chi connectivity index (χ0) is 13.8. The lowest BCUT2D eigenvalue weighted by Gasteiger charge is -2.11. The van der Waals surface area contributed by atoms with E-state index < -0.39 is 11.8 Å². The molecule has 0 unspecified atom stereocenters. The molecule has 4 nitrogen and oxygen atoms in total. The molecule has 0 spiro atoms. The summed E-state index contributed by atoms with van der Waals surface area (Å²) in [6, 6.07) is 5.27.